The van der Waals surface area contributed by atoms with E-state index in [1.165, 1.54) is 0 Å². The van der Waals surface area contributed by atoms with E-state index in [-0.39, 0.29) is 11.9 Å². The normalized spacial score (nSPS) is 20.1. The number of likely N-dealkylation sites (tertiary alicyclic amines) is 1. The SMILES string of the molecule is N#Cc1ccc(CN2CCCC(N)C2=O)cc1. The third kappa shape index (κ3) is 2.63. The number of hydrogen-bond donors (Lipinski definition) is 1. The molecule has 17 heavy (non-hydrogen) atoms. The van der Waals surface area contributed by atoms with E-state index in [0.717, 1.165) is 24.9 Å². The number of carbonyl (C=O) groups is 1. The van der Waals surface area contributed by atoms with E-state index in [2.05, 4.69) is 6.07 Å². The highest BCUT2D eigenvalue weighted by Crippen LogP contribution is 2.14. The Morgan fingerprint density at radius 2 is 2.12 bits per heavy atom. The summed E-state index contributed by atoms with van der Waals surface area (Å²) in [7, 11) is 0. The predicted octanol–water partition coefficient (Wildman–Crippen LogP) is 1.01. The van der Waals surface area contributed by atoms with Gasteiger partial charge in [0.05, 0.1) is 17.7 Å². The standard InChI is InChI=1S/C13H15N3O/c14-8-10-3-5-11(6-4-10)9-16-7-1-2-12(15)13(16)17/h3-6,12H,1-2,7,9,15H2. The molecule has 1 fully saturated rings. The highest BCUT2D eigenvalue weighted by Gasteiger charge is 2.25. The lowest BCUT2D eigenvalue weighted by atomic mass is 10.0. The molecule has 1 aromatic carbocycles. The Morgan fingerprint density at radius 1 is 1.41 bits per heavy atom. The molecular formula is C13H15N3O. The topological polar surface area (TPSA) is 70.1 Å². The molecule has 1 atom stereocenters. The summed E-state index contributed by atoms with van der Waals surface area (Å²) in [4.78, 5) is 13.6. The highest BCUT2D eigenvalue weighted by molar-refractivity contribution is 5.82. The smallest absolute Gasteiger partial charge is 0.239 e. The third-order valence-corrected chi connectivity index (χ3v) is 3.03. The van der Waals surface area contributed by atoms with Crippen molar-refractivity contribution in [2.24, 2.45) is 5.73 Å². The number of amides is 1. The van der Waals surface area contributed by atoms with Crippen LogP contribution in [0.3, 0.4) is 0 Å². The number of carbonyl (C=O) groups excluding carboxylic acids is 1. The first-order valence-electron chi connectivity index (χ1n) is 5.74. The van der Waals surface area contributed by atoms with Crippen LogP contribution in [0.2, 0.25) is 0 Å². The maximum Gasteiger partial charge on any atom is 0.239 e. The molecule has 0 aromatic heterocycles. The molecule has 0 saturated carbocycles. The molecule has 0 radical (unpaired) electrons. The van der Waals surface area contributed by atoms with Gasteiger partial charge in [-0.1, -0.05) is 12.1 Å². The number of benzene rings is 1. The van der Waals surface area contributed by atoms with Crippen LogP contribution in [0.4, 0.5) is 0 Å². The van der Waals surface area contributed by atoms with Crippen molar-refractivity contribution in [1.29, 1.82) is 5.26 Å². The Bertz CT molecular complexity index is 447. The number of nitriles is 1. The second-order valence-electron chi connectivity index (χ2n) is 4.32. The molecule has 1 saturated heterocycles. The molecule has 1 amide bonds. The van der Waals surface area contributed by atoms with Crippen LogP contribution < -0.4 is 5.73 Å². The molecule has 1 aliphatic heterocycles. The molecule has 1 unspecified atom stereocenters. The van der Waals surface area contributed by atoms with Crippen LogP contribution in [-0.4, -0.2) is 23.4 Å². The first-order valence-corrected chi connectivity index (χ1v) is 5.74. The number of piperidine rings is 1. The van der Waals surface area contributed by atoms with Crippen molar-refractivity contribution in [2.75, 3.05) is 6.54 Å². The molecule has 4 heteroatoms. The summed E-state index contributed by atoms with van der Waals surface area (Å²) < 4.78 is 0. The molecule has 1 aliphatic rings. The maximum absolute atomic E-state index is 11.8. The van der Waals surface area contributed by atoms with Gasteiger partial charge in [-0.25, -0.2) is 0 Å². The van der Waals surface area contributed by atoms with Crippen LogP contribution in [0.15, 0.2) is 24.3 Å². The summed E-state index contributed by atoms with van der Waals surface area (Å²) >= 11 is 0. The zero-order valence-corrected chi connectivity index (χ0v) is 9.60. The molecule has 2 N–H and O–H groups in total. The van der Waals surface area contributed by atoms with Crippen LogP contribution in [-0.2, 0) is 11.3 Å². The summed E-state index contributed by atoms with van der Waals surface area (Å²) in [6.45, 7) is 1.35. The van der Waals surface area contributed by atoms with E-state index in [4.69, 9.17) is 11.0 Å². The Balaban J connectivity index is 2.05. The lowest BCUT2D eigenvalue weighted by Gasteiger charge is -2.30. The summed E-state index contributed by atoms with van der Waals surface area (Å²) in [6, 6.07) is 9.02. The van der Waals surface area contributed by atoms with Gasteiger partial charge >= 0.3 is 0 Å². The third-order valence-electron chi connectivity index (χ3n) is 3.03. The van der Waals surface area contributed by atoms with Crippen molar-refractivity contribution >= 4 is 5.91 Å². The van der Waals surface area contributed by atoms with Crippen molar-refractivity contribution in [3.8, 4) is 6.07 Å². The first-order chi connectivity index (χ1) is 8.20. The minimum absolute atomic E-state index is 0.0283. The van der Waals surface area contributed by atoms with Gasteiger partial charge in [0.25, 0.3) is 0 Å². The number of hydrogen-bond acceptors (Lipinski definition) is 3. The van der Waals surface area contributed by atoms with Gasteiger partial charge in [-0.2, -0.15) is 5.26 Å². The largest absolute Gasteiger partial charge is 0.337 e. The number of rotatable bonds is 2. The maximum atomic E-state index is 11.8. The van der Waals surface area contributed by atoms with Crippen molar-refractivity contribution in [3.05, 3.63) is 35.4 Å². The molecule has 1 heterocycles. The van der Waals surface area contributed by atoms with E-state index in [0.29, 0.717) is 12.1 Å². The van der Waals surface area contributed by atoms with Gasteiger partial charge in [0.2, 0.25) is 5.91 Å². The lowest BCUT2D eigenvalue weighted by Crippen LogP contribution is -2.47. The molecular weight excluding hydrogens is 214 g/mol. The minimum atomic E-state index is -0.345. The van der Waals surface area contributed by atoms with E-state index < -0.39 is 0 Å². The number of nitrogens with two attached hydrogens (primary N) is 1. The van der Waals surface area contributed by atoms with Crippen LogP contribution in [0.1, 0.15) is 24.0 Å². The summed E-state index contributed by atoms with van der Waals surface area (Å²) in [5.41, 5.74) is 7.40. The van der Waals surface area contributed by atoms with Gasteiger partial charge in [0.1, 0.15) is 0 Å². The number of nitrogens with zero attached hydrogens (tertiary/aromatic N) is 2. The summed E-state index contributed by atoms with van der Waals surface area (Å²) in [5.74, 6) is 0.0283. The Hall–Kier alpha value is -1.86. The predicted molar refractivity (Wildman–Crippen MR) is 63.8 cm³/mol. The molecule has 88 valence electrons. The van der Waals surface area contributed by atoms with Gasteiger partial charge in [0, 0.05) is 13.1 Å². The summed E-state index contributed by atoms with van der Waals surface area (Å²) in [6.07, 6.45) is 1.74. The fraction of sp³-hybridized carbons (Fsp3) is 0.385. The van der Waals surface area contributed by atoms with Gasteiger partial charge in [-0.15, -0.1) is 0 Å². The highest BCUT2D eigenvalue weighted by atomic mass is 16.2. The van der Waals surface area contributed by atoms with Crippen LogP contribution in [0.25, 0.3) is 0 Å². The lowest BCUT2D eigenvalue weighted by molar-refractivity contribution is -0.135. The van der Waals surface area contributed by atoms with E-state index in [1.54, 1.807) is 17.0 Å². The fourth-order valence-corrected chi connectivity index (χ4v) is 2.03. The van der Waals surface area contributed by atoms with Gasteiger partial charge in [-0.3, -0.25) is 4.79 Å². The zero-order chi connectivity index (χ0) is 12.3. The molecule has 1 aromatic rings. The van der Waals surface area contributed by atoms with Crippen LogP contribution in [0.5, 0.6) is 0 Å². The van der Waals surface area contributed by atoms with Gasteiger partial charge < -0.3 is 10.6 Å². The van der Waals surface area contributed by atoms with Crippen molar-refractivity contribution in [2.45, 2.75) is 25.4 Å². The van der Waals surface area contributed by atoms with E-state index >= 15 is 0 Å². The quantitative estimate of drug-likeness (QED) is 0.822. The zero-order valence-electron chi connectivity index (χ0n) is 9.60. The molecule has 0 aliphatic carbocycles. The molecule has 4 nitrogen and oxygen atoms in total. The first kappa shape index (κ1) is 11.6. The minimum Gasteiger partial charge on any atom is -0.337 e. The van der Waals surface area contributed by atoms with Crippen molar-refractivity contribution in [1.82, 2.24) is 4.90 Å². The molecule has 0 bridgehead atoms. The van der Waals surface area contributed by atoms with Gasteiger partial charge in [-0.05, 0) is 30.5 Å². The Labute approximate surface area is 101 Å². The molecule has 2 rings (SSSR count). The fourth-order valence-electron chi connectivity index (χ4n) is 2.03. The average Bonchev–Trinajstić information content (AvgIpc) is 2.36. The van der Waals surface area contributed by atoms with Crippen molar-refractivity contribution < 1.29 is 4.79 Å². The van der Waals surface area contributed by atoms with E-state index in [1.807, 2.05) is 12.1 Å². The van der Waals surface area contributed by atoms with Gasteiger partial charge in [0.15, 0.2) is 0 Å². The average molecular weight is 229 g/mol. The second kappa shape index (κ2) is 4.98. The molecule has 0 spiro atoms. The second-order valence-corrected chi connectivity index (χ2v) is 4.32. The Kier molecular flexibility index (Phi) is 3.40. The van der Waals surface area contributed by atoms with Crippen LogP contribution in [0, 0.1) is 11.3 Å². The van der Waals surface area contributed by atoms with E-state index in [9.17, 15) is 4.79 Å². The van der Waals surface area contributed by atoms with Crippen molar-refractivity contribution in [3.63, 3.8) is 0 Å². The summed E-state index contributed by atoms with van der Waals surface area (Å²) in [5, 5.41) is 8.70. The monoisotopic (exact) mass is 229 g/mol. The van der Waals surface area contributed by atoms with Crippen LogP contribution >= 0.6 is 0 Å². The Morgan fingerprint density at radius 3 is 2.76 bits per heavy atom.